The molecule has 3 rings (SSSR count). The van der Waals surface area contributed by atoms with E-state index in [1.807, 2.05) is 6.07 Å². The van der Waals surface area contributed by atoms with Crippen molar-refractivity contribution in [1.29, 1.82) is 0 Å². The minimum Gasteiger partial charge on any atom is -0.504 e. The van der Waals surface area contributed by atoms with Gasteiger partial charge in [-0.15, -0.1) is 0 Å². The lowest BCUT2D eigenvalue weighted by Crippen LogP contribution is -2.35. The van der Waals surface area contributed by atoms with Gasteiger partial charge in [0.1, 0.15) is 0 Å². The Morgan fingerprint density at radius 2 is 2.00 bits per heavy atom. The lowest BCUT2D eigenvalue weighted by Gasteiger charge is -2.12. The van der Waals surface area contributed by atoms with Crippen LogP contribution >= 0.6 is 0 Å². The average Bonchev–Trinajstić information content (AvgIpc) is 3.19. The molecule has 1 amide bonds. The zero-order chi connectivity index (χ0) is 20.8. The summed E-state index contributed by atoms with van der Waals surface area (Å²) >= 11 is 0. The third-order valence-electron chi connectivity index (χ3n) is 4.18. The molecule has 1 atom stereocenters. The van der Waals surface area contributed by atoms with E-state index in [9.17, 15) is 14.7 Å². The van der Waals surface area contributed by atoms with Crippen LogP contribution in [-0.4, -0.2) is 37.0 Å². The largest absolute Gasteiger partial charge is 0.504 e. The van der Waals surface area contributed by atoms with E-state index in [0.717, 1.165) is 5.56 Å². The van der Waals surface area contributed by atoms with E-state index in [-0.39, 0.29) is 24.8 Å². The molecule has 2 aromatic rings. The molecule has 0 fully saturated rings. The fraction of sp³-hybridized carbons (Fsp3) is 0.238. The van der Waals surface area contributed by atoms with Crippen molar-refractivity contribution in [2.75, 3.05) is 13.9 Å². The van der Waals surface area contributed by atoms with Crippen molar-refractivity contribution < 1.29 is 33.6 Å². The standard InChI is InChI=1S/C21H21NO7/c1-13(21(25)22-11-15-4-7-17-19(10-15)28-12-27-17)29-20(24)8-5-14-3-6-16(23)18(9-14)26-2/h3-10,13,23H,11-12H2,1-2H3,(H,22,25)/b8-5+/t13-/m0/s1. The van der Waals surface area contributed by atoms with Crippen LogP contribution in [0.15, 0.2) is 42.5 Å². The Bertz CT molecular complexity index is 939. The number of carbonyl (C=O) groups is 2. The summed E-state index contributed by atoms with van der Waals surface area (Å²) in [6.45, 7) is 1.94. The van der Waals surface area contributed by atoms with Gasteiger partial charge in [-0.1, -0.05) is 12.1 Å². The molecular formula is C21H21NO7. The van der Waals surface area contributed by atoms with Crippen LogP contribution in [-0.2, 0) is 20.9 Å². The van der Waals surface area contributed by atoms with Gasteiger partial charge < -0.3 is 29.4 Å². The van der Waals surface area contributed by atoms with Gasteiger partial charge in [-0.3, -0.25) is 4.79 Å². The molecule has 1 heterocycles. The van der Waals surface area contributed by atoms with E-state index >= 15 is 0 Å². The fourth-order valence-electron chi connectivity index (χ4n) is 2.61. The number of fused-ring (bicyclic) bond motifs is 1. The van der Waals surface area contributed by atoms with Gasteiger partial charge in [-0.25, -0.2) is 4.79 Å². The molecule has 2 aromatic carbocycles. The van der Waals surface area contributed by atoms with Crippen LogP contribution in [0.5, 0.6) is 23.0 Å². The number of amides is 1. The highest BCUT2D eigenvalue weighted by atomic mass is 16.7. The van der Waals surface area contributed by atoms with Gasteiger partial charge >= 0.3 is 5.97 Å². The minimum atomic E-state index is -0.962. The first-order valence-electron chi connectivity index (χ1n) is 8.88. The Hall–Kier alpha value is -3.68. The number of aromatic hydroxyl groups is 1. The zero-order valence-corrected chi connectivity index (χ0v) is 16.0. The summed E-state index contributed by atoms with van der Waals surface area (Å²) in [5.74, 6) is 0.503. The summed E-state index contributed by atoms with van der Waals surface area (Å²) < 4.78 is 20.7. The second kappa shape index (κ2) is 9.01. The predicted octanol–water partition coefficient (Wildman–Crippen LogP) is 2.39. The number of phenols is 1. The smallest absolute Gasteiger partial charge is 0.331 e. The highest BCUT2D eigenvalue weighted by Gasteiger charge is 2.17. The highest BCUT2D eigenvalue weighted by Crippen LogP contribution is 2.32. The molecule has 8 nitrogen and oxygen atoms in total. The van der Waals surface area contributed by atoms with E-state index in [4.69, 9.17) is 18.9 Å². The van der Waals surface area contributed by atoms with Crippen molar-refractivity contribution in [1.82, 2.24) is 5.32 Å². The monoisotopic (exact) mass is 399 g/mol. The molecule has 0 saturated heterocycles. The molecule has 29 heavy (non-hydrogen) atoms. The number of esters is 1. The second-order valence-corrected chi connectivity index (χ2v) is 6.25. The quantitative estimate of drug-likeness (QED) is 0.544. The molecule has 0 unspecified atom stereocenters. The Balaban J connectivity index is 1.49. The lowest BCUT2D eigenvalue weighted by molar-refractivity contribution is -0.150. The molecule has 1 aliphatic rings. The number of rotatable bonds is 7. The number of hydrogen-bond donors (Lipinski definition) is 2. The first kappa shape index (κ1) is 20.1. The number of nitrogens with one attached hydrogen (secondary N) is 1. The van der Waals surface area contributed by atoms with Crippen molar-refractivity contribution in [3.63, 3.8) is 0 Å². The Morgan fingerprint density at radius 3 is 2.79 bits per heavy atom. The van der Waals surface area contributed by atoms with Crippen LogP contribution in [0, 0.1) is 0 Å². The molecule has 8 heteroatoms. The van der Waals surface area contributed by atoms with Gasteiger partial charge in [-0.05, 0) is 48.4 Å². The third kappa shape index (κ3) is 5.19. The Kier molecular flexibility index (Phi) is 6.23. The van der Waals surface area contributed by atoms with Crippen molar-refractivity contribution >= 4 is 18.0 Å². The van der Waals surface area contributed by atoms with Crippen LogP contribution in [0.3, 0.4) is 0 Å². The van der Waals surface area contributed by atoms with Crippen LogP contribution in [0.1, 0.15) is 18.1 Å². The molecule has 0 aliphatic carbocycles. The summed E-state index contributed by atoms with van der Waals surface area (Å²) in [5, 5.41) is 12.3. The van der Waals surface area contributed by atoms with Crippen molar-refractivity contribution in [2.45, 2.75) is 19.6 Å². The Morgan fingerprint density at radius 1 is 1.21 bits per heavy atom. The van der Waals surface area contributed by atoms with Gasteiger partial charge in [0.05, 0.1) is 7.11 Å². The summed E-state index contributed by atoms with van der Waals surface area (Å²) in [6.07, 6.45) is 1.74. The molecule has 2 N–H and O–H groups in total. The van der Waals surface area contributed by atoms with Crippen molar-refractivity contribution in [3.8, 4) is 23.0 Å². The van der Waals surface area contributed by atoms with E-state index in [1.165, 1.54) is 32.3 Å². The maximum absolute atomic E-state index is 12.2. The van der Waals surface area contributed by atoms with Crippen LogP contribution in [0.2, 0.25) is 0 Å². The van der Waals surface area contributed by atoms with E-state index in [1.54, 1.807) is 24.3 Å². The normalized spacial score (nSPS) is 13.2. The van der Waals surface area contributed by atoms with Gasteiger partial charge in [0.2, 0.25) is 6.79 Å². The maximum Gasteiger partial charge on any atom is 0.331 e. The molecule has 1 aliphatic heterocycles. The first-order chi connectivity index (χ1) is 14.0. The maximum atomic E-state index is 12.2. The summed E-state index contributed by atoms with van der Waals surface area (Å²) in [5.41, 5.74) is 1.47. The molecule has 0 saturated carbocycles. The lowest BCUT2D eigenvalue weighted by atomic mass is 10.2. The molecule has 0 bridgehead atoms. The topological polar surface area (TPSA) is 103 Å². The SMILES string of the molecule is COc1cc(/C=C/C(=O)O[C@@H](C)C(=O)NCc2ccc3c(c2)OCO3)ccc1O. The number of methoxy groups -OCH3 is 1. The Labute approximate surface area is 167 Å². The van der Waals surface area contributed by atoms with E-state index < -0.39 is 18.0 Å². The number of phenolic OH excluding ortho intramolecular Hbond substituents is 1. The molecule has 0 radical (unpaired) electrons. The summed E-state index contributed by atoms with van der Waals surface area (Å²) in [4.78, 5) is 24.1. The van der Waals surface area contributed by atoms with Crippen LogP contribution in [0.25, 0.3) is 6.08 Å². The molecule has 0 spiro atoms. The average molecular weight is 399 g/mol. The van der Waals surface area contributed by atoms with Crippen molar-refractivity contribution in [3.05, 3.63) is 53.6 Å². The van der Waals surface area contributed by atoms with Crippen LogP contribution < -0.4 is 19.5 Å². The predicted molar refractivity (Wildman–Crippen MR) is 104 cm³/mol. The van der Waals surface area contributed by atoms with Gasteiger partial charge in [-0.2, -0.15) is 0 Å². The zero-order valence-electron chi connectivity index (χ0n) is 16.0. The number of carbonyl (C=O) groups excluding carboxylic acids is 2. The molecule has 152 valence electrons. The fourth-order valence-corrected chi connectivity index (χ4v) is 2.61. The molecule has 0 aromatic heterocycles. The number of benzene rings is 2. The summed E-state index contributed by atoms with van der Waals surface area (Å²) in [6, 6.07) is 10.0. The van der Waals surface area contributed by atoms with Gasteiger partial charge in [0, 0.05) is 12.6 Å². The van der Waals surface area contributed by atoms with Crippen molar-refractivity contribution in [2.24, 2.45) is 0 Å². The summed E-state index contributed by atoms with van der Waals surface area (Å²) in [7, 11) is 1.43. The number of ether oxygens (including phenoxy) is 4. The molecular weight excluding hydrogens is 378 g/mol. The third-order valence-corrected chi connectivity index (χ3v) is 4.18. The highest BCUT2D eigenvalue weighted by molar-refractivity contribution is 5.90. The van der Waals surface area contributed by atoms with Crippen LogP contribution in [0.4, 0.5) is 0 Å². The van der Waals surface area contributed by atoms with Gasteiger partial charge in [0.15, 0.2) is 29.1 Å². The minimum absolute atomic E-state index is 0.0000191. The van der Waals surface area contributed by atoms with E-state index in [0.29, 0.717) is 17.1 Å². The van der Waals surface area contributed by atoms with E-state index in [2.05, 4.69) is 5.32 Å². The van der Waals surface area contributed by atoms with Gasteiger partial charge in [0.25, 0.3) is 5.91 Å². The number of hydrogen-bond acceptors (Lipinski definition) is 7. The first-order valence-corrected chi connectivity index (χ1v) is 8.88. The second-order valence-electron chi connectivity index (χ2n) is 6.25.